The molecule has 138 valence electrons. The van der Waals surface area contributed by atoms with Gasteiger partial charge < -0.3 is 9.90 Å². The number of benzene rings is 2. The van der Waals surface area contributed by atoms with Crippen LogP contribution in [-0.4, -0.2) is 29.2 Å². The predicted octanol–water partition coefficient (Wildman–Crippen LogP) is 1.98. The van der Waals surface area contributed by atoms with Crippen LogP contribution in [0.15, 0.2) is 48.5 Å². The van der Waals surface area contributed by atoms with Crippen molar-refractivity contribution < 1.29 is 32.7 Å². The second kappa shape index (κ2) is 6.71. The van der Waals surface area contributed by atoms with Crippen molar-refractivity contribution in [1.82, 2.24) is 4.90 Å². The second-order valence-corrected chi connectivity index (χ2v) is 5.79. The van der Waals surface area contributed by atoms with Crippen molar-refractivity contribution >= 4 is 29.4 Å². The van der Waals surface area contributed by atoms with Crippen LogP contribution in [-0.2, 0) is 15.8 Å². The van der Waals surface area contributed by atoms with E-state index >= 15 is 0 Å². The molecule has 8 heteroatoms. The molecular weight excluding hydrogens is 363 g/mol. The third-order valence-corrected chi connectivity index (χ3v) is 4.00. The molecule has 2 aromatic carbocycles. The average molecular weight is 374 g/mol. The van der Waals surface area contributed by atoms with Gasteiger partial charge in [-0.05, 0) is 35.4 Å². The lowest BCUT2D eigenvalue weighted by Crippen LogP contribution is -2.47. The normalized spacial score (nSPS) is 15.8. The zero-order valence-electron chi connectivity index (χ0n) is 13.6. The van der Waals surface area contributed by atoms with Gasteiger partial charge in [0.05, 0.1) is 18.1 Å². The summed E-state index contributed by atoms with van der Waals surface area (Å²) in [7, 11) is 0. The monoisotopic (exact) mass is 374 g/mol. The van der Waals surface area contributed by atoms with Gasteiger partial charge in [-0.3, -0.25) is 14.5 Å². The summed E-state index contributed by atoms with van der Waals surface area (Å²) in [5.41, 5.74) is -0.137. The fourth-order valence-corrected chi connectivity index (χ4v) is 2.75. The Balaban J connectivity index is 2.08. The number of hydrogen-bond donors (Lipinski definition) is 0. The number of halogens is 3. The van der Waals surface area contributed by atoms with Crippen molar-refractivity contribution in [2.45, 2.75) is 6.18 Å². The van der Waals surface area contributed by atoms with Crippen LogP contribution >= 0.6 is 0 Å². The lowest BCUT2D eigenvalue weighted by molar-refractivity contribution is -0.305. The maximum Gasteiger partial charge on any atom is 0.416 e. The van der Waals surface area contributed by atoms with Crippen molar-refractivity contribution in [1.29, 1.82) is 0 Å². The lowest BCUT2D eigenvalue weighted by Gasteiger charge is -2.28. The Kier molecular flexibility index (Phi) is 4.57. The minimum absolute atomic E-state index is 0.00575. The average Bonchev–Trinajstić information content (AvgIpc) is 2.62. The highest BCUT2D eigenvalue weighted by Gasteiger charge is 2.34. The smallest absolute Gasteiger partial charge is 0.416 e. The summed E-state index contributed by atoms with van der Waals surface area (Å²) in [6.07, 6.45) is -3.17. The number of nitrogens with zero attached hydrogens (tertiary/aromatic N) is 1. The quantitative estimate of drug-likeness (QED) is 0.608. The van der Waals surface area contributed by atoms with E-state index in [1.807, 2.05) is 0 Å². The Morgan fingerprint density at radius 1 is 0.963 bits per heavy atom. The van der Waals surface area contributed by atoms with Gasteiger partial charge in [0.2, 0.25) is 0 Å². The topological polar surface area (TPSA) is 77.5 Å². The van der Waals surface area contributed by atoms with E-state index in [-0.39, 0.29) is 16.7 Å². The van der Waals surface area contributed by atoms with Gasteiger partial charge in [0.15, 0.2) is 0 Å². The first-order chi connectivity index (χ1) is 12.7. The molecule has 0 saturated carbocycles. The molecule has 0 aliphatic carbocycles. The maximum absolute atomic E-state index is 12.7. The van der Waals surface area contributed by atoms with Crippen molar-refractivity contribution in [3.05, 3.63) is 70.8 Å². The molecule has 27 heavy (non-hydrogen) atoms. The third-order valence-electron chi connectivity index (χ3n) is 4.00. The standard InChI is InChI=1S/C19H12F3NO4/c20-19(21,22)12-7-5-11(6-8-12)9-15-13-3-1-2-4-14(13)17(26)23(18(15)27)10-16(24)25/h1-9H,10H2,(H,24,25)/p-1/b15-9-. The largest absolute Gasteiger partial charge is 0.548 e. The first-order valence-electron chi connectivity index (χ1n) is 7.73. The highest BCUT2D eigenvalue weighted by molar-refractivity contribution is 6.34. The van der Waals surface area contributed by atoms with Crippen LogP contribution in [0.1, 0.15) is 27.0 Å². The number of hydrogen-bond acceptors (Lipinski definition) is 4. The molecule has 5 nitrogen and oxygen atoms in total. The van der Waals surface area contributed by atoms with E-state index in [1.54, 1.807) is 12.1 Å². The number of aliphatic carboxylic acids is 1. The molecule has 3 rings (SSSR count). The molecule has 2 aromatic rings. The minimum atomic E-state index is -4.49. The first kappa shape index (κ1) is 18.4. The SMILES string of the molecule is O=C([O-])CN1C(=O)/C(=C\c2ccc(C(F)(F)F)cc2)c2ccccc2C1=O. The molecule has 1 aliphatic heterocycles. The number of alkyl halides is 3. The van der Waals surface area contributed by atoms with Gasteiger partial charge in [0, 0.05) is 11.1 Å². The summed E-state index contributed by atoms with van der Waals surface area (Å²) in [6.45, 7) is -0.920. The highest BCUT2D eigenvalue weighted by atomic mass is 19.4. The lowest BCUT2D eigenvalue weighted by atomic mass is 9.92. The van der Waals surface area contributed by atoms with Crippen LogP contribution in [0, 0.1) is 0 Å². The molecule has 0 aromatic heterocycles. The molecule has 1 aliphatic rings. The zero-order valence-corrected chi connectivity index (χ0v) is 13.6. The van der Waals surface area contributed by atoms with E-state index < -0.39 is 36.1 Å². The van der Waals surface area contributed by atoms with E-state index in [2.05, 4.69) is 0 Å². The minimum Gasteiger partial charge on any atom is -0.548 e. The fraction of sp³-hybridized carbons (Fsp3) is 0.105. The molecular formula is C19H11F3NO4-. The molecule has 0 fully saturated rings. The number of carbonyl (C=O) groups excluding carboxylic acids is 3. The van der Waals surface area contributed by atoms with Crippen LogP contribution in [0.4, 0.5) is 13.2 Å². The van der Waals surface area contributed by atoms with Crippen LogP contribution < -0.4 is 5.11 Å². The Hall–Kier alpha value is -3.42. The van der Waals surface area contributed by atoms with Gasteiger partial charge in [-0.25, -0.2) is 0 Å². The molecule has 0 spiro atoms. The van der Waals surface area contributed by atoms with E-state index in [1.165, 1.54) is 30.3 Å². The second-order valence-electron chi connectivity index (χ2n) is 5.79. The van der Waals surface area contributed by atoms with Gasteiger partial charge >= 0.3 is 6.18 Å². The van der Waals surface area contributed by atoms with E-state index in [4.69, 9.17) is 0 Å². The van der Waals surface area contributed by atoms with Gasteiger partial charge in [0.1, 0.15) is 0 Å². The summed E-state index contributed by atoms with van der Waals surface area (Å²) in [5, 5.41) is 10.9. The number of rotatable bonds is 3. The van der Waals surface area contributed by atoms with Gasteiger partial charge in [-0.2, -0.15) is 13.2 Å². The number of carbonyl (C=O) groups is 3. The number of fused-ring (bicyclic) bond motifs is 1. The summed E-state index contributed by atoms with van der Waals surface area (Å²) >= 11 is 0. The molecule has 0 unspecified atom stereocenters. The molecule has 0 atom stereocenters. The Morgan fingerprint density at radius 3 is 2.11 bits per heavy atom. The van der Waals surface area contributed by atoms with Crippen molar-refractivity contribution in [2.24, 2.45) is 0 Å². The number of carboxylic acid groups (broad SMARTS) is 1. The Labute approximate surface area is 151 Å². The van der Waals surface area contributed by atoms with Crippen LogP contribution in [0.3, 0.4) is 0 Å². The number of carboxylic acids is 1. The molecule has 0 saturated heterocycles. The van der Waals surface area contributed by atoms with Crippen molar-refractivity contribution in [2.75, 3.05) is 6.54 Å². The summed E-state index contributed by atoms with van der Waals surface area (Å²) in [4.78, 5) is 36.4. The predicted molar refractivity (Wildman–Crippen MR) is 86.8 cm³/mol. The van der Waals surface area contributed by atoms with Gasteiger partial charge in [-0.15, -0.1) is 0 Å². The van der Waals surface area contributed by atoms with E-state index in [9.17, 15) is 32.7 Å². The highest BCUT2D eigenvalue weighted by Crippen LogP contribution is 2.32. The maximum atomic E-state index is 12.7. The van der Waals surface area contributed by atoms with Crippen LogP contribution in [0.25, 0.3) is 11.6 Å². The first-order valence-corrected chi connectivity index (χ1v) is 7.73. The molecule has 0 N–H and O–H groups in total. The molecule has 0 radical (unpaired) electrons. The molecule has 0 bridgehead atoms. The van der Waals surface area contributed by atoms with Crippen molar-refractivity contribution in [3.8, 4) is 0 Å². The molecule has 2 amide bonds. The molecule has 1 heterocycles. The number of imide groups is 1. The van der Waals surface area contributed by atoms with Crippen LogP contribution in [0.2, 0.25) is 0 Å². The van der Waals surface area contributed by atoms with E-state index in [0.717, 1.165) is 12.1 Å². The fourth-order valence-electron chi connectivity index (χ4n) is 2.75. The van der Waals surface area contributed by atoms with Gasteiger partial charge in [-0.1, -0.05) is 30.3 Å². The van der Waals surface area contributed by atoms with Crippen LogP contribution in [0.5, 0.6) is 0 Å². The van der Waals surface area contributed by atoms with E-state index in [0.29, 0.717) is 10.5 Å². The summed E-state index contributed by atoms with van der Waals surface area (Å²) in [6, 6.07) is 10.2. The third kappa shape index (κ3) is 3.59. The van der Waals surface area contributed by atoms with Gasteiger partial charge in [0.25, 0.3) is 11.8 Å². The summed E-state index contributed by atoms with van der Waals surface area (Å²) < 4.78 is 38.0. The summed E-state index contributed by atoms with van der Waals surface area (Å²) in [5.74, 6) is -3.24. The zero-order chi connectivity index (χ0) is 19.8. The Morgan fingerprint density at radius 2 is 1.56 bits per heavy atom. The Bertz CT molecular complexity index is 962. The van der Waals surface area contributed by atoms with Crippen molar-refractivity contribution in [3.63, 3.8) is 0 Å². The number of amides is 2.